The number of rotatable bonds is 9. The van der Waals surface area contributed by atoms with Crippen LogP contribution in [0.2, 0.25) is 0 Å². The molecule has 0 atom stereocenters. The summed E-state index contributed by atoms with van der Waals surface area (Å²) >= 11 is 0. The van der Waals surface area contributed by atoms with Gasteiger partial charge in [-0.05, 0) is 30.3 Å². The van der Waals surface area contributed by atoms with Crippen LogP contribution >= 0.6 is 0 Å². The van der Waals surface area contributed by atoms with Crippen LogP contribution in [0.15, 0.2) is 48.5 Å². The Bertz CT molecular complexity index is 1020. The number of anilines is 1. The van der Waals surface area contributed by atoms with E-state index in [9.17, 15) is 9.18 Å². The fourth-order valence-electron chi connectivity index (χ4n) is 2.82. The maximum absolute atomic E-state index is 13.0. The van der Waals surface area contributed by atoms with Crippen molar-refractivity contribution in [3.63, 3.8) is 0 Å². The van der Waals surface area contributed by atoms with E-state index < -0.39 is 6.03 Å². The largest absolute Gasteiger partial charge is 0.493 e. The number of benzene rings is 2. The van der Waals surface area contributed by atoms with Crippen molar-refractivity contribution in [2.75, 3.05) is 39.8 Å². The standard InChI is InChI=1S/C22H23FN4O5/c1-29-18-12-16(13-19(30-2)21(18)31-3)25-22(28)24-10-11-32-20-9-8-17(26-27-20)14-4-6-15(23)7-5-14/h4-9,12-13H,10-11H2,1-3H3,(H2,24,25,28). The smallest absolute Gasteiger partial charge is 0.319 e. The molecule has 1 aromatic heterocycles. The molecule has 1 heterocycles. The minimum atomic E-state index is -0.430. The van der Waals surface area contributed by atoms with Crippen LogP contribution in [0, 0.1) is 5.82 Å². The molecular weight excluding hydrogens is 419 g/mol. The summed E-state index contributed by atoms with van der Waals surface area (Å²) in [5, 5.41) is 13.4. The van der Waals surface area contributed by atoms with Gasteiger partial charge < -0.3 is 29.6 Å². The average molecular weight is 442 g/mol. The first-order valence-electron chi connectivity index (χ1n) is 9.61. The monoisotopic (exact) mass is 442 g/mol. The number of hydrogen-bond donors (Lipinski definition) is 2. The van der Waals surface area contributed by atoms with Gasteiger partial charge in [0.25, 0.3) is 0 Å². The lowest BCUT2D eigenvalue weighted by Crippen LogP contribution is -2.32. The van der Waals surface area contributed by atoms with Gasteiger partial charge in [-0.15, -0.1) is 10.2 Å². The SMILES string of the molecule is COc1cc(NC(=O)NCCOc2ccc(-c3ccc(F)cc3)nn2)cc(OC)c1OC. The van der Waals surface area contributed by atoms with Gasteiger partial charge in [0.15, 0.2) is 11.5 Å². The fraction of sp³-hybridized carbons (Fsp3) is 0.227. The van der Waals surface area contributed by atoms with E-state index in [1.165, 1.54) is 33.5 Å². The number of halogens is 1. The molecule has 10 heteroatoms. The Balaban J connectivity index is 1.47. The minimum Gasteiger partial charge on any atom is -0.493 e. The molecule has 32 heavy (non-hydrogen) atoms. The van der Waals surface area contributed by atoms with Crippen LogP contribution in [0.5, 0.6) is 23.1 Å². The van der Waals surface area contributed by atoms with Crippen molar-refractivity contribution < 1.29 is 28.1 Å². The number of aromatic nitrogens is 2. The zero-order chi connectivity index (χ0) is 22.9. The van der Waals surface area contributed by atoms with E-state index in [4.69, 9.17) is 18.9 Å². The molecule has 0 aliphatic rings. The summed E-state index contributed by atoms with van der Waals surface area (Å²) < 4.78 is 34.3. The van der Waals surface area contributed by atoms with Crippen molar-refractivity contribution in [1.29, 1.82) is 0 Å². The highest BCUT2D eigenvalue weighted by Gasteiger charge is 2.14. The molecule has 0 saturated heterocycles. The molecular formula is C22H23FN4O5. The molecule has 2 N–H and O–H groups in total. The Morgan fingerprint density at radius 1 is 0.938 bits per heavy atom. The molecule has 9 nitrogen and oxygen atoms in total. The molecule has 168 valence electrons. The number of nitrogens with one attached hydrogen (secondary N) is 2. The van der Waals surface area contributed by atoms with Crippen LogP contribution in [-0.4, -0.2) is 50.7 Å². The number of urea groups is 1. The van der Waals surface area contributed by atoms with E-state index in [0.29, 0.717) is 34.5 Å². The molecule has 0 radical (unpaired) electrons. The number of ether oxygens (including phenoxy) is 4. The number of carbonyl (C=O) groups excluding carboxylic acids is 1. The van der Waals surface area contributed by atoms with Crippen molar-refractivity contribution in [1.82, 2.24) is 15.5 Å². The summed E-state index contributed by atoms with van der Waals surface area (Å²) in [5.74, 6) is 1.27. The van der Waals surface area contributed by atoms with Gasteiger partial charge in [-0.25, -0.2) is 9.18 Å². The molecule has 2 aromatic carbocycles. The number of amides is 2. The van der Waals surface area contributed by atoms with E-state index in [1.54, 1.807) is 36.4 Å². The first kappa shape index (κ1) is 22.6. The van der Waals surface area contributed by atoms with E-state index in [0.717, 1.165) is 5.56 Å². The lowest BCUT2D eigenvalue weighted by atomic mass is 10.1. The van der Waals surface area contributed by atoms with Gasteiger partial charge in [0.2, 0.25) is 11.6 Å². The molecule has 2 amide bonds. The van der Waals surface area contributed by atoms with Crippen molar-refractivity contribution in [2.45, 2.75) is 0 Å². The second kappa shape index (κ2) is 10.8. The zero-order valence-corrected chi connectivity index (χ0v) is 17.8. The normalized spacial score (nSPS) is 10.2. The number of hydrogen-bond acceptors (Lipinski definition) is 7. The highest BCUT2D eigenvalue weighted by atomic mass is 19.1. The second-order valence-electron chi connectivity index (χ2n) is 6.41. The van der Waals surface area contributed by atoms with Crippen LogP contribution in [0.4, 0.5) is 14.9 Å². The third-order valence-electron chi connectivity index (χ3n) is 4.34. The predicted molar refractivity (Wildman–Crippen MR) is 116 cm³/mol. The highest BCUT2D eigenvalue weighted by Crippen LogP contribution is 2.39. The lowest BCUT2D eigenvalue weighted by molar-refractivity contribution is 0.246. The van der Waals surface area contributed by atoms with Crippen molar-refractivity contribution in [3.8, 4) is 34.4 Å². The van der Waals surface area contributed by atoms with Gasteiger partial charge in [-0.2, -0.15) is 0 Å². The van der Waals surface area contributed by atoms with Gasteiger partial charge in [-0.3, -0.25) is 0 Å². The molecule has 0 aliphatic carbocycles. The molecule has 0 bridgehead atoms. The molecule has 3 rings (SSSR count). The summed E-state index contributed by atoms with van der Waals surface area (Å²) in [6.07, 6.45) is 0. The first-order valence-corrected chi connectivity index (χ1v) is 9.61. The minimum absolute atomic E-state index is 0.188. The van der Waals surface area contributed by atoms with Gasteiger partial charge >= 0.3 is 6.03 Å². The first-order chi connectivity index (χ1) is 15.5. The van der Waals surface area contributed by atoms with E-state index in [-0.39, 0.29) is 19.0 Å². The van der Waals surface area contributed by atoms with E-state index >= 15 is 0 Å². The summed E-state index contributed by atoms with van der Waals surface area (Å²) in [4.78, 5) is 12.2. The molecule has 3 aromatic rings. The maximum atomic E-state index is 13.0. The lowest BCUT2D eigenvalue weighted by Gasteiger charge is -2.15. The average Bonchev–Trinajstić information content (AvgIpc) is 2.82. The van der Waals surface area contributed by atoms with E-state index in [2.05, 4.69) is 20.8 Å². The summed E-state index contributed by atoms with van der Waals surface area (Å²) in [6, 6.07) is 12.1. The van der Waals surface area contributed by atoms with Crippen LogP contribution in [0.3, 0.4) is 0 Å². The Labute approximate surface area is 184 Å². The fourth-order valence-corrected chi connectivity index (χ4v) is 2.82. The second-order valence-corrected chi connectivity index (χ2v) is 6.41. The predicted octanol–water partition coefficient (Wildman–Crippen LogP) is 3.51. The summed E-state index contributed by atoms with van der Waals surface area (Å²) in [5.41, 5.74) is 1.82. The van der Waals surface area contributed by atoms with Gasteiger partial charge in [-0.1, -0.05) is 0 Å². The molecule has 0 fully saturated rings. The third kappa shape index (κ3) is 5.75. The Morgan fingerprint density at radius 2 is 1.62 bits per heavy atom. The number of methoxy groups -OCH3 is 3. The van der Waals surface area contributed by atoms with Crippen molar-refractivity contribution in [2.24, 2.45) is 0 Å². The summed E-state index contributed by atoms with van der Waals surface area (Å²) in [6.45, 7) is 0.422. The van der Waals surface area contributed by atoms with Gasteiger partial charge in [0.1, 0.15) is 12.4 Å². The molecule has 0 saturated carbocycles. The Morgan fingerprint density at radius 3 is 2.19 bits per heavy atom. The van der Waals surface area contributed by atoms with Gasteiger partial charge in [0.05, 0.1) is 39.3 Å². The zero-order valence-electron chi connectivity index (χ0n) is 17.8. The number of carbonyl (C=O) groups is 1. The van der Waals surface area contributed by atoms with Crippen LogP contribution in [0.1, 0.15) is 0 Å². The molecule has 0 unspecified atom stereocenters. The Kier molecular flexibility index (Phi) is 7.63. The molecule has 0 aliphatic heterocycles. The summed E-state index contributed by atoms with van der Waals surface area (Å²) in [7, 11) is 4.49. The topological polar surface area (TPSA) is 104 Å². The van der Waals surface area contributed by atoms with Crippen LogP contribution < -0.4 is 29.6 Å². The van der Waals surface area contributed by atoms with Crippen molar-refractivity contribution in [3.05, 3.63) is 54.3 Å². The van der Waals surface area contributed by atoms with Crippen molar-refractivity contribution >= 4 is 11.7 Å². The molecule has 0 spiro atoms. The maximum Gasteiger partial charge on any atom is 0.319 e. The van der Waals surface area contributed by atoms with Crippen LogP contribution in [-0.2, 0) is 0 Å². The third-order valence-corrected chi connectivity index (χ3v) is 4.34. The van der Waals surface area contributed by atoms with E-state index in [1.807, 2.05) is 0 Å². The number of nitrogens with zero attached hydrogens (tertiary/aromatic N) is 2. The highest BCUT2D eigenvalue weighted by molar-refractivity contribution is 5.90. The van der Waals surface area contributed by atoms with Gasteiger partial charge in [0, 0.05) is 23.8 Å². The Hall–Kier alpha value is -4.08. The quantitative estimate of drug-likeness (QED) is 0.489. The van der Waals surface area contributed by atoms with Crippen LogP contribution in [0.25, 0.3) is 11.3 Å².